The van der Waals surface area contributed by atoms with Crippen LogP contribution in [0.15, 0.2) is 24.3 Å². The SMILES string of the molecule is CCCCOC(=O)N(c1ccc(C#N)cc1)C(C)(C)C. The molecule has 4 nitrogen and oxygen atoms in total. The molecule has 108 valence electrons. The third-order valence-electron chi connectivity index (χ3n) is 2.83. The first kappa shape index (κ1) is 16.0. The molecule has 0 atom stereocenters. The summed E-state index contributed by atoms with van der Waals surface area (Å²) >= 11 is 0. The zero-order valence-electron chi connectivity index (χ0n) is 12.6. The Morgan fingerprint density at radius 1 is 1.30 bits per heavy atom. The molecule has 0 aliphatic heterocycles. The molecule has 0 saturated heterocycles. The number of rotatable bonds is 4. The smallest absolute Gasteiger partial charge is 0.414 e. The van der Waals surface area contributed by atoms with Crippen molar-refractivity contribution in [3.63, 3.8) is 0 Å². The first-order valence-electron chi connectivity index (χ1n) is 6.87. The van der Waals surface area contributed by atoms with Crippen molar-refractivity contribution in [2.75, 3.05) is 11.5 Å². The fourth-order valence-corrected chi connectivity index (χ4v) is 1.82. The van der Waals surface area contributed by atoms with Gasteiger partial charge in [-0.3, -0.25) is 4.90 Å². The number of benzene rings is 1. The summed E-state index contributed by atoms with van der Waals surface area (Å²) in [5.74, 6) is 0. The highest BCUT2D eigenvalue weighted by Gasteiger charge is 2.29. The average molecular weight is 274 g/mol. The molecule has 4 heteroatoms. The lowest BCUT2D eigenvalue weighted by molar-refractivity contribution is 0.146. The maximum Gasteiger partial charge on any atom is 0.414 e. The van der Waals surface area contributed by atoms with Crippen molar-refractivity contribution in [2.24, 2.45) is 0 Å². The Bertz CT molecular complexity index is 481. The maximum absolute atomic E-state index is 12.3. The molecule has 1 amide bonds. The van der Waals surface area contributed by atoms with Gasteiger partial charge in [-0.2, -0.15) is 5.26 Å². The van der Waals surface area contributed by atoms with Crippen LogP contribution < -0.4 is 4.90 Å². The largest absolute Gasteiger partial charge is 0.449 e. The van der Waals surface area contributed by atoms with Crippen molar-refractivity contribution in [1.82, 2.24) is 0 Å². The van der Waals surface area contributed by atoms with Gasteiger partial charge in [0.1, 0.15) is 0 Å². The molecule has 1 rings (SSSR count). The van der Waals surface area contributed by atoms with Crippen LogP contribution in [0.4, 0.5) is 10.5 Å². The summed E-state index contributed by atoms with van der Waals surface area (Å²) in [6.07, 6.45) is 1.49. The molecule has 0 heterocycles. The van der Waals surface area contributed by atoms with Crippen molar-refractivity contribution >= 4 is 11.8 Å². The number of amides is 1. The summed E-state index contributed by atoms with van der Waals surface area (Å²) < 4.78 is 5.30. The molecule has 0 bridgehead atoms. The third-order valence-corrected chi connectivity index (χ3v) is 2.83. The number of carbonyl (C=O) groups is 1. The summed E-state index contributed by atoms with van der Waals surface area (Å²) in [5.41, 5.74) is 0.914. The number of hydrogen-bond donors (Lipinski definition) is 0. The normalized spacial score (nSPS) is 10.8. The lowest BCUT2D eigenvalue weighted by atomic mass is 10.1. The van der Waals surface area contributed by atoms with Crippen molar-refractivity contribution in [3.05, 3.63) is 29.8 Å². The van der Waals surface area contributed by atoms with Crippen molar-refractivity contribution in [1.29, 1.82) is 5.26 Å². The second-order valence-electron chi connectivity index (χ2n) is 5.63. The quantitative estimate of drug-likeness (QED) is 0.777. The van der Waals surface area contributed by atoms with Crippen molar-refractivity contribution in [3.8, 4) is 6.07 Å². The van der Waals surface area contributed by atoms with Crippen LogP contribution in [0.3, 0.4) is 0 Å². The van der Waals surface area contributed by atoms with Gasteiger partial charge >= 0.3 is 6.09 Å². The van der Waals surface area contributed by atoms with E-state index in [0.717, 1.165) is 18.5 Å². The minimum atomic E-state index is -0.391. The van der Waals surface area contributed by atoms with Crippen LogP contribution in [-0.2, 0) is 4.74 Å². The van der Waals surface area contributed by atoms with Gasteiger partial charge < -0.3 is 4.74 Å². The molecule has 0 N–H and O–H groups in total. The van der Waals surface area contributed by atoms with Gasteiger partial charge in [0.05, 0.1) is 18.2 Å². The summed E-state index contributed by atoms with van der Waals surface area (Å²) in [4.78, 5) is 13.9. The highest BCUT2D eigenvalue weighted by atomic mass is 16.6. The maximum atomic E-state index is 12.3. The average Bonchev–Trinajstić information content (AvgIpc) is 2.38. The van der Waals surface area contributed by atoms with Gasteiger partial charge in [0.2, 0.25) is 0 Å². The van der Waals surface area contributed by atoms with E-state index in [-0.39, 0.29) is 6.09 Å². The molecule has 1 aromatic carbocycles. The minimum absolute atomic E-state index is 0.351. The fraction of sp³-hybridized carbons (Fsp3) is 0.500. The fourth-order valence-electron chi connectivity index (χ4n) is 1.82. The lowest BCUT2D eigenvalue weighted by Crippen LogP contribution is -2.46. The predicted octanol–water partition coefficient (Wildman–Crippen LogP) is 4.10. The van der Waals surface area contributed by atoms with E-state index in [9.17, 15) is 4.79 Å². The Morgan fingerprint density at radius 3 is 2.35 bits per heavy atom. The van der Waals surface area contributed by atoms with Gasteiger partial charge in [-0.25, -0.2) is 4.79 Å². The Labute approximate surface area is 121 Å². The van der Waals surface area contributed by atoms with E-state index in [1.54, 1.807) is 29.2 Å². The Morgan fingerprint density at radius 2 is 1.90 bits per heavy atom. The first-order chi connectivity index (χ1) is 9.40. The molecular weight excluding hydrogens is 252 g/mol. The Hall–Kier alpha value is -2.02. The number of nitrogens with zero attached hydrogens (tertiary/aromatic N) is 2. The van der Waals surface area contributed by atoms with Crippen molar-refractivity contribution in [2.45, 2.75) is 46.1 Å². The summed E-state index contributed by atoms with van der Waals surface area (Å²) in [6, 6.07) is 9.01. The van der Waals surface area contributed by atoms with Crippen LogP contribution >= 0.6 is 0 Å². The van der Waals surface area contributed by atoms with E-state index in [1.807, 2.05) is 20.8 Å². The van der Waals surface area contributed by atoms with Gasteiger partial charge in [-0.05, 0) is 51.5 Å². The van der Waals surface area contributed by atoms with Crippen LogP contribution in [-0.4, -0.2) is 18.2 Å². The standard InChI is InChI=1S/C16H22N2O2/c1-5-6-11-20-15(19)18(16(2,3)4)14-9-7-13(12-17)8-10-14/h7-10H,5-6,11H2,1-4H3. The Balaban J connectivity index is 2.94. The van der Waals surface area contributed by atoms with E-state index in [2.05, 4.69) is 13.0 Å². The van der Waals surface area contributed by atoms with Crippen molar-refractivity contribution < 1.29 is 9.53 Å². The number of nitriles is 1. The molecule has 0 unspecified atom stereocenters. The molecule has 1 aromatic rings. The molecule has 20 heavy (non-hydrogen) atoms. The number of carbonyl (C=O) groups excluding carboxylic acids is 1. The van der Waals surface area contributed by atoms with Crippen LogP contribution in [0, 0.1) is 11.3 Å². The summed E-state index contributed by atoms with van der Waals surface area (Å²) in [5, 5.41) is 8.82. The molecule has 0 spiro atoms. The van der Waals surface area contributed by atoms with E-state index < -0.39 is 5.54 Å². The van der Waals surface area contributed by atoms with E-state index >= 15 is 0 Å². The first-order valence-corrected chi connectivity index (χ1v) is 6.87. The monoisotopic (exact) mass is 274 g/mol. The number of ether oxygens (including phenoxy) is 1. The van der Waals surface area contributed by atoms with E-state index in [4.69, 9.17) is 10.00 Å². The lowest BCUT2D eigenvalue weighted by Gasteiger charge is -2.34. The molecule has 0 radical (unpaired) electrons. The van der Waals surface area contributed by atoms with Gasteiger partial charge in [-0.15, -0.1) is 0 Å². The topological polar surface area (TPSA) is 53.3 Å². The van der Waals surface area contributed by atoms with Crippen LogP contribution in [0.25, 0.3) is 0 Å². The molecule has 0 aromatic heterocycles. The third kappa shape index (κ3) is 4.27. The number of hydrogen-bond acceptors (Lipinski definition) is 3. The Kier molecular flexibility index (Phi) is 5.57. The van der Waals surface area contributed by atoms with E-state index in [1.165, 1.54) is 0 Å². The summed E-state index contributed by atoms with van der Waals surface area (Å²) in [6.45, 7) is 8.33. The predicted molar refractivity (Wildman–Crippen MR) is 79.6 cm³/mol. The second kappa shape index (κ2) is 6.95. The van der Waals surface area contributed by atoms with Crippen LogP contribution in [0.5, 0.6) is 0 Å². The van der Waals surface area contributed by atoms with Gasteiger partial charge in [0.25, 0.3) is 0 Å². The van der Waals surface area contributed by atoms with Gasteiger partial charge in [0.15, 0.2) is 0 Å². The highest BCUT2D eigenvalue weighted by Crippen LogP contribution is 2.25. The van der Waals surface area contributed by atoms with Crippen LogP contribution in [0.1, 0.15) is 46.1 Å². The molecule has 0 saturated carbocycles. The van der Waals surface area contributed by atoms with E-state index in [0.29, 0.717) is 12.2 Å². The van der Waals surface area contributed by atoms with Gasteiger partial charge in [0, 0.05) is 11.2 Å². The molecule has 0 aliphatic carbocycles. The van der Waals surface area contributed by atoms with Crippen LogP contribution in [0.2, 0.25) is 0 Å². The number of unbranched alkanes of at least 4 members (excludes halogenated alkanes) is 1. The molecule has 0 fully saturated rings. The van der Waals surface area contributed by atoms with Gasteiger partial charge in [-0.1, -0.05) is 13.3 Å². The zero-order valence-corrected chi connectivity index (χ0v) is 12.6. The highest BCUT2D eigenvalue weighted by molar-refractivity contribution is 5.89. The molecule has 0 aliphatic rings. The molecular formula is C16H22N2O2. The zero-order chi connectivity index (χ0) is 15.2. The minimum Gasteiger partial charge on any atom is -0.449 e. The number of anilines is 1. The summed E-state index contributed by atoms with van der Waals surface area (Å²) in [7, 11) is 0. The second-order valence-corrected chi connectivity index (χ2v) is 5.63.